The Morgan fingerprint density at radius 2 is 1.83 bits per heavy atom. The molecule has 0 heterocycles. The molecule has 35 heavy (non-hydrogen) atoms. The fourth-order valence-electron chi connectivity index (χ4n) is 4.63. The van der Waals surface area contributed by atoms with Crippen LogP contribution in [0, 0.1) is 5.92 Å². The molecule has 3 aromatic carbocycles. The Labute approximate surface area is 210 Å². The van der Waals surface area contributed by atoms with Crippen LogP contribution in [0.1, 0.15) is 17.5 Å². The van der Waals surface area contributed by atoms with Gasteiger partial charge in [0.1, 0.15) is 5.75 Å². The van der Waals surface area contributed by atoms with Crippen molar-refractivity contribution in [2.24, 2.45) is 5.92 Å². The predicted molar refractivity (Wildman–Crippen MR) is 137 cm³/mol. The number of hydrogen-bond donors (Lipinski definition) is 2. The maximum Gasteiger partial charge on any atom is 0.404 e. The van der Waals surface area contributed by atoms with Gasteiger partial charge in [0.2, 0.25) is 0 Å². The minimum absolute atomic E-state index is 0.107. The van der Waals surface area contributed by atoms with Gasteiger partial charge in [0.25, 0.3) is 10.0 Å². The molecule has 1 aliphatic carbocycles. The van der Waals surface area contributed by atoms with E-state index in [2.05, 4.69) is 5.32 Å². The SMILES string of the molecule is COc1ccc(N(C)S(=O)(=O)c2ccccc2-c2ccc(Cl)cc2)c2c1C[C@@H](CNC(=O)O)CC2. The largest absolute Gasteiger partial charge is 0.496 e. The summed E-state index contributed by atoms with van der Waals surface area (Å²) in [6.07, 6.45) is 0.901. The van der Waals surface area contributed by atoms with Gasteiger partial charge < -0.3 is 15.2 Å². The highest BCUT2D eigenvalue weighted by Gasteiger charge is 2.30. The minimum Gasteiger partial charge on any atom is -0.496 e. The lowest BCUT2D eigenvalue weighted by molar-refractivity contribution is 0.191. The van der Waals surface area contributed by atoms with Crippen LogP contribution in [0.25, 0.3) is 11.1 Å². The van der Waals surface area contributed by atoms with Crippen molar-refractivity contribution in [3.8, 4) is 16.9 Å². The molecule has 0 radical (unpaired) electrons. The number of nitrogens with zero attached hydrogens (tertiary/aromatic N) is 1. The molecule has 2 N–H and O–H groups in total. The molecule has 0 aromatic heterocycles. The van der Waals surface area contributed by atoms with E-state index in [1.165, 1.54) is 4.31 Å². The van der Waals surface area contributed by atoms with Crippen molar-refractivity contribution in [2.75, 3.05) is 25.0 Å². The maximum absolute atomic E-state index is 13.9. The molecule has 3 aromatic rings. The van der Waals surface area contributed by atoms with Gasteiger partial charge in [-0.1, -0.05) is 41.9 Å². The molecule has 7 nitrogen and oxygen atoms in total. The summed E-state index contributed by atoms with van der Waals surface area (Å²) >= 11 is 6.03. The van der Waals surface area contributed by atoms with Gasteiger partial charge in [-0.25, -0.2) is 13.2 Å². The zero-order valence-electron chi connectivity index (χ0n) is 19.5. The zero-order chi connectivity index (χ0) is 25.2. The van der Waals surface area contributed by atoms with Gasteiger partial charge in [-0.15, -0.1) is 0 Å². The van der Waals surface area contributed by atoms with E-state index < -0.39 is 16.1 Å². The third-order valence-corrected chi connectivity index (χ3v) is 8.52. The molecule has 0 bridgehead atoms. The standard InChI is InChI=1S/C26H27ClN2O5S/c1-29(35(32,33)25-6-4-3-5-20(25)18-8-10-19(27)11-9-18)23-13-14-24(34-2)22-15-17(7-12-21(22)23)16-28-26(30)31/h3-6,8-11,13-14,17,28H,7,12,15-16H2,1-2H3,(H,30,31)/t17-/m0/s1. The molecule has 0 aliphatic heterocycles. The summed E-state index contributed by atoms with van der Waals surface area (Å²) < 4.78 is 34.6. The average Bonchev–Trinajstić information content (AvgIpc) is 2.86. The summed E-state index contributed by atoms with van der Waals surface area (Å²) in [6.45, 7) is 0.338. The highest BCUT2D eigenvalue weighted by molar-refractivity contribution is 7.93. The predicted octanol–water partition coefficient (Wildman–Crippen LogP) is 5.21. The quantitative estimate of drug-likeness (QED) is 0.451. The van der Waals surface area contributed by atoms with E-state index >= 15 is 0 Å². The van der Waals surface area contributed by atoms with E-state index in [1.54, 1.807) is 68.8 Å². The second kappa shape index (κ2) is 10.2. The van der Waals surface area contributed by atoms with E-state index in [4.69, 9.17) is 21.4 Å². The van der Waals surface area contributed by atoms with Crippen molar-refractivity contribution in [3.63, 3.8) is 0 Å². The Morgan fingerprint density at radius 1 is 1.11 bits per heavy atom. The van der Waals surface area contributed by atoms with Gasteiger partial charge in [-0.2, -0.15) is 0 Å². The van der Waals surface area contributed by atoms with Gasteiger partial charge >= 0.3 is 6.09 Å². The molecule has 4 rings (SSSR count). The van der Waals surface area contributed by atoms with Crippen molar-refractivity contribution in [1.29, 1.82) is 0 Å². The van der Waals surface area contributed by atoms with Crippen molar-refractivity contribution in [1.82, 2.24) is 5.32 Å². The van der Waals surface area contributed by atoms with Gasteiger partial charge in [-0.3, -0.25) is 4.31 Å². The number of fused-ring (bicyclic) bond motifs is 1. The number of benzene rings is 3. The number of ether oxygens (including phenoxy) is 1. The van der Waals surface area contributed by atoms with E-state index in [0.717, 1.165) is 23.1 Å². The number of hydrogen-bond acceptors (Lipinski definition) is 4. The van der Waals surface area contributed by atoms with Crippen molar-refractivity contribution in [2.45, 2.75) is 24.2 Å². The Balaban J connectivity index is 1.73. The van der Waals surface area contributed by atoms with Crippen LogP contribution in [0.4, 0.5) is 10.5 Å². The molecule has 9 heteroatoms. The fourth-order valence-corrected chi connectivity index (χ4v) is 6.20. The molecular weight excluding hydrogens is 488 g/mol. The Hall–Kier alpha value is -3.23. The third-order valence-electron chi connectivity index (χ3n) is 6.44. The summed E-state index contributed by atoms with van der Waals surface area (Å²) in [5, 5.41) is 12.0. The van der Waals surface area contributed by atoms with Crippen molar-refractivity contribution < 1.29 is 23.1 Å². The van der Waals surface area contributed by atoms with Crippen LogP contribution < -0.4 is 14.4 Å². The van der Waals surface area contributed by atoms with Crippen LogP contribution >= 0.6 is 11.6 Å². The minimum atomic E-state index is -3.90. The molecule has 0 unspecified atom stereocenters. The second-order valence-electron chi connectivity index (χ2n) is 8.51. The van der Waals surface area contributed by atoms with Crippen LogP contribution in [0.5, 0.6) is 5.75 Å². The lowest BCUT2D eigenvalue weighted by Crippen LogP contribution is -2.32. The number of sulfonamides is 1. The molecule has 0 saturated heterocycles. The lowest BCUT2D eigenvalue weighted by atomic mass is 9.82. The first-order valence-electron chi connectivity index (χ1n) is 11.2. The Kier molecular flexibility index (Phi) is 7.23. The highest BCUT2D eigenvalue weighted by Crippen LogP contribution is 2.40. The summed E-state index contributed by atoms with van der Waals surface area (Å²) in [6, 6.07) is 17.5. The first kappa shape index (κ1) is 24.9. The topological polar surface area (TPSA) is 95.9 Å². The Morgan fingerprint density at radius 3 is 2.51 bits per heavy atom. The van der Waals surface area contributed by atoms with E-state index in [9.17, 15) is 13.2 Å². The van der Waals surface area contributed by atoms with E-state index in [0.29, 0.717) is 41.4 Å². The molecule has 0 saturated carbocycles. The van der Waals surface area contributed by atoms with Crippen LogP contribution in [0.2, 0.25) is 5.02 Å². The molecule has 0 spiro atoms. The van der Waals surface area contributed by atoms with Crippen molar-refractivity contribution in [3.05, 3.63) is 76.8 Å². The van der Waals surface area contributed by atoms with Crippen LogP contribution in [0.15, 0.2) is 65.6 Å². The second-order valence-corrected chi connectivity index (χ2v) is 10.9. The number of nitrogens with one attached hydrogen (secondary N) is 1. The summed E-state index contributed by atoms with van der Waals surface area (Å²) in [4.78, 5) is 11.1. The zero-order valence-corrected chi connectivity index (χ0v) is 21.1. The average molecular weight is 515 g/mol. The van der Waals surface area contributed by atoms with Gasteiger partial charge in [0, 0.05) is 24.2 Å². The van der Waals surface area contributed by atoms with E-state index in [-0.39, 0.29) is 10.8 Å². The number of anilines is 1. The van der Waals surface area contributed by atoms with Crippen LogP contribution in [0.3, 0.4) is 0 Å². The maximum atomic E-state index is 13.9. The first-order valence-corrected chi connectivity index (χ1v) is 13.0. The van der Waals surface area contributed by atoms with Crippen LogP contribution in [-0.2, 0) is 22.9 Å². The normalized spacial score (nSPS) is 15.2. The van der Waals surface area contributed by atoms with E-state index in [1.807, 2.05) is 6.07 Å². The molecule has 1 aliphatic rings. The number of amides is 1. The Bertz CT molecular complexity index is 1340. The first-order chi connectivity index (χ1) is 16.7. The number of carbonyl (C=O) groups is 1. The number of halogens is 1. The number of methoxy groups -OCH3 is 1. The molecule has 1 amide bonds. The highest BCUT2D eigenvalue weighted by atomic mass is 35.5. The summed E-state index contributed by atoms with van der Waals surface area (Å²) in [7, 11) is -0.755. The summed E-state index contributed by atoms with van der Waals surface area (Å²) in [5.41, 5.74) is 3.77. The monoisotopic (exact) mass is 514 g/mol. The van der Waals surface area contributed by atoms with Gasteiger partial charge in [0.05, 0.1) is 17.7 Å². The number of carboxylic acid groups (broad SMARTS) is 1. The molecule has 1 atom stereocenters. The third kappa shape index (κ3) is 5.09. The molecular formula is C26H27ClN2O5S. The van der Waals surface area contributed by atoms with Gasteiger partial charge in [-0.05, 0) is 72.2 Å². The van der Waals surface area contributed by atoms with Crippen molar-refractivity contribution >= 4 is 33.4 Å². The molecule has 184 valence electrons. The summed E-state index contributed by atoms with van der Waals surface area (Å²) in [5.74, 6) is 0.784. The lowest BCUT2D eigenvalue weighted by Gasteiger charge is -2.31. The van der Waals surface area contributed by atoms with Crippen LogP contribution in [-0.4, -0.2) is 40.3 Å². The smallest absolute Gasteiger partial charge is 0.404 e. The fraction of sp³-hybridized carbons (Fsp3) is 0.269. The number of rotatable bonds is 7. The van der Waals surface area contributed by atoms with Gasteiger partial charge in [0.15, 0.2) is 0 Å². The molecule has 0 fully saturated rings.